The molecule has 1 aliphatic rings. The lowest BCUT2D eigenvalue weighted by atomic mass is 10.2. The van der Waals surface area contributed by atoms with Crippen LogP contribution in [-0.2, 0) is 11.3 Å². The first-order chi connectivity index (χ1) is 9.20. The second-order valence-electron chi connectivity index (χ2n) is 4.97. The smallest absolute Gasteiger partial charge is 0.165 e. The molecule has 2 unspecified atom stereocenters. The Bertz CT molecular complexity index is 411. The van der Waals surface area contributed by atoms with Gasteiger partial charge in [-0.05, 0) is 32.4 Å². The zero-order chi connectivity index (χ0) is 13.7. The topological polar surface area (TPSA) is 30.5 Å². The van der Waals surface area contributed by atoms with Gasteiger partial charge in [-0.15, -0.1) is 0 Å². The summed E-state index contributed by atoms with van der Waals surface area (Å²) >= 11 is 0. The fraction of sp³-hybridized carbons (Fsp3) is 0.600. The maximum absolute atomic E-state index is 13.8. The maximum atomic E-state index is 13.8. The molecule has 106 valence electrons. The van der Waals surface area contributed by atoms with E-state index >= 15 is 0 Å². The first kappa shape index (κ1) is 14.3. The molecule has 3 nitrogen and oxygen atoms in total. The average molecular weight is 267 g/mol. The summed E-state index contributed by atoms with van der Waals surface area (Å²) in [6.07, 6.45) is 2.41. The molecule has 1 saturated heterocycles. The van der Waals surface area contributed by atoms with Gasteiger partial charge in [0.2, 0.25) is 0 Å². The lowest BCUT2D eigenvalue weighted by Crippen LogP contribution is -2.20. The van der Waals surface area contributed by atoms with Gasteiger partial charge in [0.05, 0.1) is 12.2 Å². The van der Waals surface area contributed by atoms with Crippen LogP contribution in [0.5, 0.6) is 5.75 Å². The second kappa shape index (κ2) is 6.87. The van der Waals surface area contributed by atoms with Crippen molar-refractivity contribution in [1.82, 2.24) is 5.32 Å². The third-order valence-electron chi connectivity index (χ3n) is 3.35. The van der Waals surface area contributed by atoms with E-state index in [0.29, 0.717) is 18.9 Å². The Morgan fingerprint density at radius 3 is 2.95 bits per heavy atom. The van der Waals surface area contributed by atoms with Crippen molar-refractivity contribution in [2.24, 2.45) is 0 Å². The third-order valence-corrected chi connectivity index (χ3v) is 3.35. The predicted octanol–water partition coefficient (Wildman–Crippen LogP) is 2.88. The number of hydrogen-bond acceptors (Lipinski definition) is 3. The van der Waals surface area contributed by atoms with E-state index in [2.05, 4.69) is 12.2 Å². The molecule has 0 aliphatic carbocycles. The number of rotatable bonds is 6. The molecule has 0 spiro atoms. The van der Waals surface area contributed by atoms with E-state index in [4.69, 9.17) is 9.47 Å². The summed E-state index contributed by atoms with van der Waals surface area (Å²) in [4.78, 5) is 0. The van der Waals surface area contributed by atoms with Crippen molar-refractivity contribution in [2.45, 2.75) is 45.4 Å². The maximum Gasteiger partial charge on any atom is 0.165 e. The fourth-order valence-electron chi connectivity index (χ4n) is 2.30. The molecule has 2 rings (SSSR count). The minimum atomic E-state index is -0.304. The molecule has 1 heterocycles. The van der Waals surface area contributed by atoms with Crippen molar-refractivity contribution in [1.29, 1.82) is 0 Å². The monoisotopic (exact) mass is 267 g/mol. The Morgan fingerprint density at radius 1 is 1.42 bits per heavy atom. The van der Waals surface area contributed by atoms with Crippen LogP contribution in [0.1, 0.15) is 32.3 Å². The molecule has 1 fully saturated rings. The first-order valence-electron chi connectivity index (χ1n) is 6.97. The van der Waals surface area contributed by atoms with Crippen LogP contribution in [0, 0.1) is 5.82 Å². The second-order valence-corrected chi connectivity index (χ2v) is 4.97. The van der Waals surface area contributed by atoms with Crippen molar-refractivity contribution < 1.29 is 13.9 Å². The normalized spacial score (nSPS) is 22.7. The minimum absolute atomic E-state index is 0.0848. The summed E-state index contributed by atoms with van der Waals surface area (Å²) < 4.78 is 25.2. The Morgan fingerprint density at radius 2 is 2.26 bits per heavy atom. The van der Waals surface area contributed by atoms with Crippen LogP contribution in [0.4, 0.5) is 4.39 Å². The van der Waals surface area contributed by atoms with E-state index in [0.717, 1.165) is 24.9 Å². The SMILES string of the molecule is CCNCc1cccc(F)c1OCC1CCC(C)O1. The van der Waals surface area contributed by atoms with Gasteiger partial charge in [0.25, 0.3) is 0 Å². The van der Waals surface area contributed by atoms with Gasteiger partial charge in [-0.25, -0.2) is 4.39 Å². The molecule has 1 aromatic rings. The van der Waals surface area contributed by atoms with E-state index < -0.39 is 0 Å². The van der Waals surface area contributed by atoms with Crippen LogP contribution in [0.25, 0.3) is 0 Å². The van der Waals surface area contributed by atoms with Gasteiger partial charge in [-0.1, -0.05) is 19.1 Å². The number of nitrogens with one attached hydrogen (secondary N) is 1. The van der Waals surface area contributed by atoms with Crippen molar-refractivity contribution in [3.63, 3.8) is 0 Å². The van der Waals surface area contributed by atoms with Crippen molar-refractivity contribution >= 4 is 0 Å². The summed E-state index contributed by atoms with van der Waals surface area (Å²) in [5, 5.41) is 3.19. The predicted molar refractivity (Wildman–Crippen MR) is 72.8 cm³/mol. The Kier molecular flexibility index (Phi) is 5.16. The quantitative estimate of drug-likeness (QED) is 0.859. The van der Waals surface area contributed by atoms with Crippen LogP contribution >= 0.6 is 0 Å². The molecule has 0 saturated carbocycles. The van der Waals surface area contributed by atoms with Crippen LogP contribution < -0.4 is 10.1 Å². The summed E-state index contributed by atoms with van der Waals surface area (Å²) in [6.45, 7) is 5.96. The third kappa shape index (κ3) is 3.91. The molecule has 0 amide bonds. The highest BCUT2D eigenvalue weighted by atomic mass is 19.1. The molecule has 4 heteroatoms. The standard InChI is InChI=1S/C15H22FNO2/c1-3-17-9-12-5-4-6-14(16)15(12)18-10-13-8-7-11(2)19-13/h4-6,11,13,17H,3,7-10H2,1-2H3. The summed E-state index contributed by atoms with van der Waals surface area (Å²) in [5.74, 6) is 0.0491. The lowest BCUT2D eigenvalue weighted by molar-refractivity contribution is 0.0254. The molecule has 1 aliphatic heterocycles. The van der Waals surface area contributed by atoms with E-state index in [1.807, 2.05) is 13.0 Å². The molecule has 1 aromatic carbocycles. The van der Waals surface area contributed by atoms with Gasteiger partial charge in [0.15, 0.2) is 11.6 Å². The lowest BCUT2D eigenvalue weighted by Gasteiger charge is -2.16. The van der Waals surface area contributed by atoms with Gasteiger partial charge in [0.1, 0.15) is 6.61 Å². The van der Waals surface area contributed by atoms with E-state index in [1.54, 1.807) is 6.07 Å². The van der Waals surface area contributed by atoms with E-state index in [1.165, 1.54) is 6.07 Å². The molecule has 0 radical (unpaired) electrons. The summed E-state index contributed by atoms with van der Waals surface area (Å²) in [7, 11) is 0. The van der Waals surface area contributed by atoms with Gasteiger partial charge in [0, 0.05) is 12.1 Å². The van der Waals surface area contributed by atoms with Crippen molar-refractivity contribution in [3.05, 3.63) is 29.6 Å². The number of benzene rings is 1. The highest BCUT2D eigenvalue weighted by molar-refractivity contribution is 5.35. The molecule has 19 heavy (non-hydrogen) atoms. The zero-order valence-electron chi connectivity index (χ0n) is 11.6. The highest BCUT2D eigenvalue weighted by Gasteiger charge is 2.23. The van der Waals surface area contributed by atoms with E-state index in [-0.39, 0.29) is 18.0 Å². The highest BCUT2D eigenvalue weighted by Crippen LogP contribution is 2.25. The van der Waals surface area contributed by atoms with Crippen molar-refractivity contribution in [3.8, 4) is 5.75 Å². The molecule has 1 N–H and O–H groups in total. The molecular formula is C15H22FNO2. The van der Waals surface area contributed by atoms with Gasteiger partial charge < -0.3 is 14.8 Å². The molecule has 0 aromatic heterocycles. The number of ether oxygens (including phenoxy) is 2. The van der Waals surface area contributed by atoms with Crippen LogP contribution in [0.2, 0.25) is 0 Å². The van der Waals surface area contributed by atoms with Crippen LogP contribution in [-0.4, -0.2) is 25.4 Å². The Hall–Kier alpha value is -1.13. The first-order valence-corrected chi connectivity index (χ1v) is 6.97. The Labute approximate surface area is 114 Å². The van der Waals surface area contributed by atoms with Gasteiger partial charge >= 0.3 is 0 Å². The van der Waals surface area contributed by atoms with Gasteiger partial charge in [-0.3, -0.25) is 0 Å². The molecular weight excluding hydrogens is 245 g/mol. The number of para-hydroxylation sites is 1. The largest absolute Gasteiger partial charge is 0.487 e. The molecule has 0 bridgehead atoms. The average Bonchev–Trinajstić information content (AvgIpc) is 2.81. The van der Waals surface area contributed by atoms with Crippen LogP contribution in [0.3, 0.4) is 0 Å². The zero-order valence-corrected chi connectivity index (χ0v) is 11.6. The molecule has 2 atom stereocenters. The van der Waals surface area contributed by atoms with Gasteiger partial charge in [-0.2, -0.15) is 0 Å². The fourth-order valence-corrected chi connectivity index (χ4v) is 2.30. The minimum Gasteiger partial charge on any atom is -0.487 e. The summed E-state index contributed by atoms with van der Waals surface area (Å²) in [6, 6.07) is 5.03. The number of hydrogen-bond donors (Lipinski definition) is 1. The number of halogens is 1. The van der Waals surface area contributed by atoms with Crippen molar-refractivity contribution in [2.75, 3.05) is 13.2 Å². The van der Waals surface area contributed by atoms with E-state index in [9.17, 15) is 4.39 Å². The van der Waals surface area contributed by atoms with Crippen LogP contribution in [0.15, 0.2) is 18.2 Å². The summed E-state index contributed by atoms with van der Waals surface area (Å²) in [5.41, 5.74) is 0.855. The Balaban J connectivity index is 1.97.